The molecule has 2 aromatic carbocycles. The number of nitrogens with zero attached hydrogens (tertiary/aromatic N) is 6. The summed E-state index contributed by atoms with van der Waals surface area (Å²) in [6.45, 7) is 13.3. The Morgan fingerprint density at radius 3 is 1.15 bits per heavy atom. The van der Waals surface area contributed by atoms with Crippen molar-refractivity contribution in [3.63, 3.8) is 0 Å². The average molecular weight is 1080 g/mol. The maximum absolute atomic E-state index is 13.5. The predicted molar refractivity (Wildman–Crippen MR) is 277 cm³/mol. The fraction of sp³-hybridized carbons (Fsp3) is 0.458. The molecular formula is C48H69CaF2N7O12S2. The van der Waals surface area contributed by atoms with E-state index in [0.29, 0.717) is 45.0 Å². The molecule has 4 atom stereocenters. The van der Waals surface area contributed by atoms with Gasteiger partial charge in [-0.1, -0.05) is 52.0 Å². The van der Waals surface area contributed by atoms with Crippen molar-refractivity contribution in [1.82, 2.24) is 19.9 Å². The number of carboxylic acids is 2. The number of aliphatic hydroxyl groups is 4. The standard InChI is InChI=1S/2C22H28FN3O6S.C4H11N.Ca.2H/c2*1-13(2)20-18(10-9-16(27)11-17(28)12-19(29)30)21(14-5-7-15(23)8-6-14)25-22(24-20)26(3)33(4,31)32;1-4(2,3)5;;;/h2*5-10,13,16-17,27-28H,11-12H2,1-4H3,(H,29,30);5H2,1-3H3;;;/q;;;+2;2*-1/t2*16-,17-;;;;/m11..../s1. The molecular weight excluding hydrogens is 1010 g/mol. The number of hydrogen-bond acceptors (Lipinski definition) is 15. The molecule has 0 unspecified atom stereocenters. The molecule has 0 bridgehead atoms. The Morgan fingerprint density at radius 1 is 0.639 bits per heavy atom. The molecule has 2 aromatic heterocycles. The minimum atomic E-state index is -3.65. The van der Waals surface area contributed by atoms with Gasteiger partial charge in [0.1, 0.15) is 11.6 Å². The van der Waals surface area contributed by atoms with Gasteiger partial charge in [-0.3, -0.25) is 9.59 Å². The summed E-state index contributed by atoms with van der Waals surface area (Å²) in [4.78, 5) is 39.1. The van der Waals surface area contributed by atoms with Crippen molar-refractivity contribution in [2.45, 2.75) is 116 Å². The quantitative estimate of drug-likeness (QED) is 0.0546. The first-order chi connectivity index (χ1) is 32.6. The monoisotopic (exact) mass is 1080 g/mol. The van der Waals surface area contributed by atoms with Crippen LogP contribution in [0.5, 0.6) is 0 Å². The third-order valence-electron chi connectivity index (χ3n) is 9.63. The number of benzene rings is 2. The Morgan fingerprint density at radius 2 is 0.917 bits per heavy atom. The fourth-order valence-electron chi connectivity index (χ4n) is 6.09. The van der Waals surface area contributed by atoms with Gasteiger partial charge in [-0.15, -0.1) is 0 Å². The van der Waals surface area contributed by atoms with Crippen molar-refractivity contribution in [1.29, 1.82) is 0 Å². The van der Waals surface area contributed by atoms with Crippen LogP contribution in [0.4, 0.5) is 20.7 Å². The van der Waals surface area contributed by atoms with E-state index in [1.165, 1.54) is 86.9 Å². The molecule has 0 saturated heterocycles. The second kappa shape index (κ2) is 28.8. The van der Waals surface area contributed by atoms with E-state index in [4.69, 9.17) is 15.9 Å². The molecule has 8 N–H and O–H groups in total. The Balaban J connectivity index is 0. The summed E-state index contributed by atoms with van der Waals surface area (Å²) in [6, 6.07) is 11.0. The molecule has 72 heavy (non-hydrogen) atoms. The van der Waals surface area contributed by atoms with Crippen molar-refractivity contribution < 1.29 is 68.7 Å². The molecule has 0 radical (unpaired) electrons. The molecule has 0 fully saturated rings. The van der Waals surface area contributed by atoms with Gasteiger partial charge >= 0.3 is 49.7 Å². The SMILES string of the molecule is CC(C)(C)N.CC(C)c1nc(N(C)S(C)(=O)=O)nc(-c2ccc(F)cc2)c1C=C[C@@H](O)C[C@@H](O)CC(=O)O.CC(C)c1nc(N(C)S(C)(=O)=O)nc(-c2ccc(F)cc2)c1C=C[C@@H](O)C[C@@H](O)CC(=O)O.[Ca+2].[H-].[H-]. The Labute approximate surface area is 453 Å². The minimum Gasteiger partial charge on any atom is -1.00 e. The van der Waals surface area contributed by atoms with Crippen molar-refractivity contribution >= 4 is 93.8 Å². The topological polar surface area (TPSA) is 308 Å². The van der Waals surface area contributed by atoms with E-state index in [9.17, 15) is 55.6 Å². The van der Waals surface area contributed by atoms with Gasteiger partial charge in [-0.2, -0.15) is 0 Å². The molecule has 19 nitrogen and oxygen atoms in total. The first-order valence-electron chi connectivity index (χ1n) is 22.1. The largest absolute Gasteiger partial charge is 2.00 e. The van der Waals surface area contributed by atoms with E-state index in [1.54, 1.807) is 0 Å². The summed E-state index contributed by atoms with van der Waals surface area (Å²) in [5.41, 5.74) is 8.96. The second-order valence-corrected chi connectivity index (χ2v) is 22.3. The summed E-state index contributed by atoms with van der Waals surface area (Å²) in [5, 5.41) is 57.6. The summed E-state index contributed by atoms with van der Waals surface area (Å²) >= 11 is 0. The zero-order valence-corrected chi connectivity index (χ0v) is 46.2. The van der Waals surface area contributed by atoms with Crippen LogP contribution >= 0.6 is 0 Å². The number of sulfonamides is 2. The van der Waals surface area contributed by atoms with E-state index in [2.05, 4.69) is 19.9 Å². The molecule has 0 saturated carbocycles. The first-order valence-corrected chi connectivity index (χ1v) is 25.8. The maximum Gasteiger partial charge on any atom is 2.00 e. The molecule has 4 rings (SSSR count). The van der Waals surface area contributed by atoms with Gasteiger partial charge in [0.2, 0.25) is 31.9 Å². The van der Waals surface area contributed by atoms with E-state index in [0.717, 1.165) is 21.1 Å². The number of rotatable bonds is 20. The van der Waals surface area contributed by atoms with E-state index in [-0.39, 0.29) is 82.7 Å². The number of aliphatic carboxylic acids is 2. The van der Waals surface area contributed by atoms with E-state index >= 15 is 0 Å². The van der Waals surface area contributed by atoms with Crippen LogP contribution in [0.1, 0.15) is 111 Å². The molecule has 0 aliphatic heterocycles. The normalized spacial score (nSPS) is 13.6. The summed E-state index contributed by atoms with van der Waals surface area (Å²) < 4.78 is 77.2. The number of carbonyl (C=O) groups is 2. The van der Waals surface area contributed by atoms with Gasteiger partial charge in [-0.05, 0) is 81.1 Å². The number of carboxylic acid groups (broad SMARTS) is 2. The van der Waals surface area contributed by atoms with Crippen molar-refractivity contribution in [2.24, 2.45) is 5.73 Å². The summed E-state index contributed by atoms with van der Waals surface area (Å²) in [5.74, 6) is -3.74. The Hall–Kier alpha value is -4.56. The van der Waals surface area contributed by atoms with Gasteiger partial charge in [0, 0.05) is 54.7 Å². The molecule has 4 aromatic rings. The number of nitrogens with two attached hydrogens (primary N) is 1. The van der Waals surface area contributed by atoms with Gasteiger partial charge in [0.15, 0.2) is 0 Å². The summed E-state index contributed by atoms with van der Waals surface area (Å²) in [6.07, 6.45) is 1.72. The predicted octanol–water partition coefficient (Wildman–Crippen LogP) is 5.39. The van der Waals surface area contributed by atoms with Crippen LogP contribution in [0.3, 0.4) is 0 Å². The van der Waals surface area contributed by atoms with Gasteiger partial charge < -0.3 is 39.2 Å². The third kappa shape index (κ3) is 22.7. The molecule has 24 heteroatoms. The Kier molecular flexibility index (Phi) is 26.2. The second-order valence-electron chi connectivity index (χ2n) is 18.3. The molecule has 0 amide bonds. The fourth-order valence-corrected chi connectivity index (χ4v) is 6.85. The number of hydrogen-bond donors (Lipinski definition) is 7. The molecule has 0 aliphatic carbocycles. The van der Waals surface area contributed by atoms with Gasteiger partial charge in [-0.25, -0.2) is 54.2 Å². The molecule has 0 aliphatic rings. The Bertz CT molecular complexity index is 2540. The van der Waals surface area contributed by atoms with Crippen LogP contribution < -0.4 is 14.3 Å². The van der Waals surface area contributed by atoms with Crippen molar-refractivity contribution in [2.75, 3.05) is 35.2 Å². The average Bonchev–Trinajstić information content (AvgIpc) is 3.22. The van der Waals surface area contributed by atoms with Crippen molar-refractivity contribution in [3.8, 4) is 22.5 Å². The van der Waals surface area contributed by atoms with E-state index in [1.807, 2.05) is 48.5 Å². The van der Waals surface area contributed by atoms with Crippen LogP contribution in [0.2, 0.25) is 0 Å². The molecule has 2 heterocycles. The first kappa shape index (κ1) is 65.5. The van der Waals surface area contributed by atoms with Crippen LogP contribution in [-0.2, 0) is 29.6 Å². The van der Waals surface area contributed by atoms with Gasteiger partial charge in [0.05, 0.1) is 72.5 Å². The summed E-state index contributed by atoms with van der Waals surface area (Å²) in [7, 11) is -4.65. The van der Waals surface area contributed by atoms with Crippen LogP contribution in [-0.4, -0.2) is 174 Å². The van der Waals surface area contributed by atoms with Crippen LogP contribution in [0, 0.1) is 11.6 Å². The minimum absolute atomic E-state index is 0. The van der Waals surface area contributed by atoms with Crippen LogP contribution in [0.25, 0.3) is 34.7 Å². The van der Waals surface area contributed by atoms with Crippen molar-refractivity contribution in [3.05, 3.63) is 94.8 Å². The number of aliphatic hydroxyl groups excluding tert-OH is 4. The maximum atomic E-state index is 13.5. The zero-order valence-electron chi connectivity index (χ0n) is 44.4. The van der Waals surface area contributed by atoms with Gasteiger partial charge in [0.25, 0.3) is 0 Å². The third-order valence-corrected chi connectivity index (χ3v) is 11.9. The number of anilines is 2. The molecule has 0 spiro atoms. The number of halogens is 2. The zero-order chi connectivity index (χ0) is 54.3. The molecule has 396 valence electrons. The van der Waals surface area contributed by atoms with E-state index < -0.39 is 80.9 Å². The number of aromatic nitrogens is 4. The van der Waals surface area contributed by atoms with Crippen LogP contribution in [0.15, 0.2) is 60.7 Å². The smallest absolute Gasteiger partial charge is 1.00 e.